The summed E-state index contributed by atoms with van der Waals surface area (Å²) in [4.78, 5) is 40.7. The molecular weight excluding hydrogens is 456 g/mol. The third-order valence-corrected chi connectivity index (χ3v) is 8.58. The van der Waals surface area contributed by atoms with Crippen LogP contribution in [0.5, 0.6) is 0 Å². The average Bonchev–Trinajstić information content (AvgIpc) is 3.25. The van der Waals surface area contributed by atoms with Gasteiger partial charge in [0.1, 0.15) is 6.54 Å². The Balaban J connectivity index is 1.67. The fraction of sp³-hybridized carbons (Fsp3) is 0.625. The predicted octanol–water partition coefficient (Wildman–Crippen LogP) is 2.10. The molecule has 1 saturated carbocycles. The van der Waals surface area contributed by atoms with Crippen LogP contribution >= 0.6 is 0 Å². The fourth-order valence-corrected chi connectivity index (χ4v) is 6.37. The molecule has 1 aliphatic heterocycles. The van der Waals surface area contributed by atoms with Gasteiger partial charge in [-0.15, -0.1) is 0 Å². The molecule has 1 aromatic carbocycles. The number of hydrogen-bond acceptors (Lipinski definition) is 5. The molecule has 1 aliphatic carbocycles. The molecule has 0 radical (unpaired) electrons. The van der Waals surface area contributed by atoms with Gasteiger partial charge in [0.15, 0.2) is 0 Å². The molecule has 2 fully saturated rings. The van der Waals surface area contributed by atoms with Crippen LogP contribution in [0.2, 0.25) is 0 Å². The molecule has 1 N–H and O–H groups in total. The Hall–Kier alpha value is -2.46. The molecule has 2 aliphatic rings. The Bertz CT molecular complexity index is 1260. The van der Waals surface area contributed by atoms with E-state index in [0.717, 1.165) is 68.8 Å². The first-order valence-corrected chi connectivity index (χ1v) is 13.8. The predicted molar refractivity (Wildman–Crippen MR) is 130 cm³/mol. The van der Waals surface area contributed by atoms with Crippen molar-refractivity contribution in [2.24, 2.45) is 7.05 Å². The van der Waals surface area contributed by atoms with Gasteiger partial charge in [-0.2, -0.15) is 0 Å². The van der Waals surface area contributed by atoms with E-state index in [9.17, 15) is 22.8 Å². The lowest BCUT2D eigenvalue weighted by atomic mass is 10.1. The second-order valence-electron chi connectivity index (χ2n) is 9.52. The summed E-state index contributed by atoms with van der Waals surface area (Å²) >= 11 is 0. The van der Waals surface area contributed by atoms with E-state index in [0.29, 0.717) is 18.6 Å². The van der Waals surface area contributed by atoms with Gasteiger partial charge in [0.2, 0.25) is 15.9 Å². The molecule has 10 heteroatoms. The number of carbonyl (C=O) groups excluding carboxylic acids is 1. The highest BCUT2D eigenvalue weighted by Crippen LogP contribution is 2.21. The van der Waals surface area contributed by atoms with Crippen molar-refractivity contribution >= 4 is 26.8 Å². The summed E-state index contributed by atoms with van der Waals surface area (Å²) in [5, 5.41) is 0.106. The van der Waals surface area contributed by atoms with Crippen LogP contribution in [0.25, 0.3) is 10.9 Å². The van der Waals surface area contributed by atoms with Gasteiger partial charge in [-0.25, -0.2) is 17.9 Å². The molecule has 2 heterocycles. The third-order valence-electron chi connectivity index (χ3n) is 7.06. The number of aryl methyl sites for hydroxylation is 1. The maximum atomic E-state index is 13.3. The van der Waals surface area contributed by atoms with E-state index < -0.39 is 21.3 Å². The molecule has 1 aromatic heterocycles. The molecule has 0 unspecified atom stereocenters. The van der Waals surface area contributed by atoms with Gasteiger partial charge in [-0.3, -0.25) is 18.7 Å². The van der Waals surface area contributed by atoms with Crippen molar-refractivity contribution in [3.8, 4) is 0 Å². The lowest BCUT2D eigenvalue weighted by Crippen LogP contribution is -2.44. The van der Waals surface area contributed by atoms with Crippen LogP contribution in [0.4, 0.5) is 0 Å². The summed E-state index contributed by atoms with van der Waals surface area (Å²) < 4.78 is 31.1. The van der Waals surface area contributed by atoms with Crippen LogP contribution in [0.15, 0.2) is 32.7 Å². The largest absolute Gasteiger partial charge is 0.341 e. The number of nitrogens with zero attached hydrogens (tertiary/aromatic N) is 3. The van der Waals surface area contributed by atoms with Crippen LogP contribution in [0.1, 0.15) is 64.2 Å². The van der Waals surface area contributed by atoms with Crippen molar-refractivity contribution in [2.45, 2.75) is 81.7 Å². The number of hydrogen-bond donors (Lipinski definition) is 1. The molecule has 0 bridgehead atoms. The zero-order valence-electron chi connectivity index (χ0n) is 19.8. The normalized spacial score (nSPS) is 18.6. The molecule has 1 saturated heterocycles. The molecule has 9 nitrogen and oxygen atoms in total. The first-order chi connectivity index (χ1) is 16.3. The van der Waals surface area contributed by atoms with Crippen LogP contribution in [0, 0.1) is 0 Å². The van der Waals surface area contributed by atoms with E-state index in [1.165, 1.54) is 29.8 Å². The molecule has 2 aromatic rings. The number of likely N-dealkylation sites (tertiary alicyclic amines) is 1. The molecule has 0 spiro atoms. The highest BCUT2D eigenvalue weighted by molar-refractivity contribution is 7.89. The fourth-order valence-electron chi connectivity index (χ4n) is 5.04. The van der Waals surface area contributed by atoms with Gasteiger partial charge in [-0.1, -0.05) is 38.5 Å². The van der Waals surface area contributed by atoms with Gasteiger partial charge >= 0.3 is 5.69 Å². The second-order valence-corrected chi connectivity index (χ2v) is 11.2. The van der Waals surface area contributed by atoms with Crippen LogP contribution in [0.3, 0.4) is 0 Å². The second kappa shape index (κ2) is 10.4. The van der Waals surface area contributed by atoms with E-state index in [4.69, 9.17) is 0 Å². The summed E-state index contributed by atoms with van der Waals surface area (Å²) in [5.41, 5.74) is -0.900. The minimum absolute atomic E-state index is 0.00890. The van der Waals surface area contributed by atoms with E-state index in [2.05, 4.69) is 4.72 Å². The van der Waals surface area contributed by atoms with Gasteiger partial charge < -0.3 is 4.90 Å². The van der Waals surface area contributed by atoms with Crippen molar-refractivity contribution in [3.05, 3.63) is 39.0 Å². The van der Waals surface area contributed by atoms with Crippen LogP contribution in [-0.2, 0) is 28.4 Å². The summed E-state index contributed by atoms with van der Waals surface area (Å²) in [6, 6.07) is 4.11. The first kappa shape index (κ1) is 24.7. The number of sulfonamides is 1. The number of aromatic nitrogens is 2. The highest BCUT2D eigenvalue weighted by Gasteiger charge is 2.24. The minimum atomic E-state index is -3.83. The number of fused-ring (bicyclic) bond motifs is 1. The van der Waals surface area contributed by atoms with E-state index >= 15 is 0 Å². The quantitative estimate of drug-likeness (QED) is 0.646. The zero-order valence-corrected chi connectivity index (χ0v) is 20.6. The molecular formula is C24H34N4O5S. The topological polar surface area (TPSA) is 110 Å². The van der Waals surface area contributed by atoms with Crippen molar-refractivity contribution in [2.75, 3.05) is 13.1 Å². The Labute approximate surface area is 199 Å². The van der Waals surface area contributed by atoms with Gasteiger partial charge in [0.25, 0.3) is 5.56 Å². The summed E-state index contributed by atoms with van der Waals surface area (Å²) in [5.74, 6) is -0.265. The standard InChI is InChI=1S/C24H34N4O5S/c1-26-21-13-12-19(34(32,33)25-18-10-6-2-3-7-11-18)16-20(21)23(30)28(24(26)31)17-22(29)27-14-8-4-5-9-15-27/h12-13,16,18,25H,2-11,14-15,17H2,1H3. The Kier molecular flexibility index (Phi) is 7.57. The van der Waals surface area contributed by atoms with Gasteiger partial charge in [-0.05, 0) is 43.9 Å². The maximum Gasteiger partial charge on any atom is 0.331 e. The number of rotatable bonds is 5. The van der Waals surface area contributed by atoms with Gasteiger partial charge in [0.05, 0.1) is 15.8 Å². The van der Waals surface area contributed by atoms with E-state index in [-0.39, 0.29) is 28.8 Å². The average molecular weight is 491 g/mol. The molecule has 1 amide bonds. The van der Waals surface area contributed by atoms with Crippen molar-refractivity contribution in [1.29, 1.82) is 0 Å². The lowest BCUT2D eigenvalue weighted by Gasteiger charge is -2.21. The Morgan fingerprint density at radius 2 is 1.59 bits per heavy atom. The molecule has 186 valence electrons. The molecule has 34 heavy (non-hydrogen) atoms. The number of benzene rings is 1. The Morgan fingerprint density at radius 1 is 0.971 bits per heavy atom. The number of amides is 1. The summed E-state index contributed by atoms with van der Waals surface area (Å²) in [6.45, 7) is 0.895. The third kappa shape index (κ3) is 5.27. The maximum absolute atomic E-state index is 13.3. The van der Waals surface area contributed by atoms with Gasteiger partial charge in [0, 0.05) is 26.2 Å². The van der Waals surface area contributed by atoms with E-state index in [1.807, 2.05) is 0 Å². The van der Waals surface area contributed by atoms with Crippen molar-refractivity contribution < 1.29 is 13.2 Å². The first-order valence-electron chi connectivity index (χ1n) is 12.3. The molecule has 4 rings (SSSR count). The van der Waals surface area contributed by atoms with Crippen molar-refractivity contribution in [3.63, 3.8) is 0 Å². The number of nitrogens with one attached hydrogen (secondary N) is 1. The van der Waals surface area contributed by atoms with Crippen LogP contribution < -0.4 is 16.0 Å². The Morgan fingerprint density at radius 3 is 2.24 bits per heavy atom. The SMILES string of the molecule is Cn1c(=O)n(CC(=O)N2CCCCCC2)c(=O)c2cc(S(=O)(=O)NC3CCCCCC3)ccc21. The summed E-state index contributed by atoms with van der Waals surface area (Å²) in [7, 11) is -2.30. The lowest BCUT2D eigenvalue weighted by molar-refractivity contribution is -0.131. The smallest absolute Gasteiger partial charge is 0.331 e. The zero-order chi connectivity index (χ0) is 24.3. The van der Waals surface area contributed by atoms with E-state index in [1.54, 1.807) is 4.90 Å². The summed E-state index contributed by atoms with van der Waals surface area (Å²) in [6.07, 6.45) is 9.74. The van der Waals surface area contributed by atoms with Crippen LogP contribution in [-0.4, -0.2) is 47.5 Å². The van der Waals surface area contributed by atoms with Crippen molar-refractivity contribution in [1.82, 2.24) is 18.8 Å². The molecule has 0 atom stereocenters. The number of carbonyl (C=O) groups is 1. The highest BCUT2D eigenvalue weighted by atomic mass is 32.2. The minimum Gasteiger partial charge on any atom is -0.341 e. The monoisotopic (exact) mass is 490 g/mol.